The molecule has 0 heterocycles. The van der Waals surface area contributed by atoms with Crippen molar-refractivity contribution in [1.29, 1.82) is 0 Å². The highest BCUT2D eigenvalue weighted by Crippen LogP contribution is 2.28. The summed E-state index contributed by atoms with van der Waals surface area (Å²) in [5.41, 5.74) is 1.15. The van der Waals surface area contributed by atoms with E-state index in [9.17, 15) is 9.59 Å². The summed E-state index contributed by atoms with van der Waals surface area (Å²) in [5.74, 6) is -0.973. The fourth-order valence-electron chi connectivity index (χ4n) is 1.48. The van der Waals surface area contributed by atoms with Crippen molar-refractivity contribution in [3.05, 3.63) is 35.9 Å². The Hall–Kier alpha value is -1.49. The zero-order valence-electron chi connectivity index (χ0n) is 10.4. The second kappa shape index (κ2) is 7.06. The standard InChI is InChI=1S/C13H17NO3S/c1-9(11-6-4-3-5-7-11)18-8-12(13(16)17)14-10(2)15/h3-7,9,12H,8H2,1-2H3,(H,14,15)(H,16,17)/t9?,12-/m0/s1. The molecule has 0 bridgehead atoms. The van der Waals surface area contributed by atoms with Gasteiger partial charge in [0.25, 0.3) is 0 Å². The van der Waals surface area contributed by atoms with E-state index in [1.54, 1.807) is 0 Å². The van der Waals surface area contributed by atoms with Crippen molar-refractivity contribution in [2.45, 2.75) is 25.1 Å². The first-order chi connectivity index (χ1) is 8.50. The lowest BCUT2D eigenvalue weighted by atomic mass is 10.2. The van der Waals surface area contributed by atoms with Crippen molar-refractivity contribution < 1.29 is 14.7 Å². The number of hydrogen-bond donors (Lipinski definition) is 2. The molecule has 1 aromatic carbocycles. The molecule has 0 aliphatic rings. The highest BCUT2D eigenvalue weighted by atomic mass is 32.2. The van der Waals surface area contributed by atoms with Crippen LogP contribution < -0.4 is 5.32 Å². The second-order valence-corrected chi connectivity index (χ2v) is 5.35. The molecule has 2 atom stereocenters. The summed E-state index contributed by atoms with van der Waals surface area (Å²) in [4.78, 5) is 21.8. The predicted octanol–water partition coefficient (Wildman–Crippen LogP) is 2.07. The Labute approximate surface area is 111 Å². The number of amides is 1. The molecule has 0 aliphatic heterocycles. The number of nitrogens with one attached hydrogen (secondary N) is 1. The van der Waals surface area contributed by atoms with Crippen LogP contribution in [0.3, 0.4) is 0 Å². The number of hydrogen-bond acceptors (Lipinski definition) is 3. The third-order valence-electron chi connectivity index (χ3n) is 2.46. The van der Waals surface area contributed by atoms with E-state index in [4.69, 9.17) is 5.11 Å². The highest BCUT2D eigenvalue weighted by molar-refractivity contribution is 7.99. The number of rotatable bonds is 6. The maximum Gasteiger partial charge on any atom is 0.327 e. The fourth-order valence-corrected chi connectivity index (χ4v) is 2.54. The molecule has 5 heteroatoms. The summed E-state index contributed by atoms with van der Waals surface area (Å²) in [6.07, 6.45) is 0. The molecule has 0 spiro atoms. The van der Waals surface area contributed by atoms with Crippen LogP contribution in [0.1, 0.15) is 24.7 Å². The third kappa shape index (κ3) is 4.79. The van der Waals surface area contributed by atoms with Crippen molar-refractivity contribution >= 4 is 23.6 Å². The average Bonchev–Trinajstić information content (AvgIpc) is 2.34. The topological polar surface area (TPSA) is 66.4 Å². The Morgan fingerprint density at radius 3 is 2.44 bits per heavy atom. The number of carbonyl (C=O) groups excluding carboxylic acids is 1. The molecule has 98 valence electrons. The van der Waals surface area contributed by atoms with Gasteiger partial charge in [0.1, 0.15) is 6.04 Å². The van der Waals surface area contributed by atoms with Crippen molar-refractivity contribution in [1.82, 2.24) is 5.32 Å². The highest BCUT2D eigenvalue weighted by Gasteiger charge is 2.19. The van der Waals surface area contributed by atoms with Crippen LogP contribution in [-0.2, 0) is 9.59 Å². The summed E-state index contributed by atoms with van der Waals surface area (Å²) >= 11 is 1.51. The molecule has 0 aromatic heterocycles. The Bertz CT molecular complexity index is 408. The molecule has 0 fully saturated rings. The van der Waals surface area contributed by atoms with Crippen LogP contribution in [0.4, 0.5) is 0 Å². The molecule has 4 nitrogen and oxygen atoms in total. The van der Waals surface area contributed by atoms with E-state index in [2.05, 4.69) is 5.32 Å². The van der Waals surface area contributed by atoms with Crippen molar-refractivity contribution in [2.24, 2.45) is 0 Å². The van der Waals surface area contributed by atoms with Gasteiger partial charge in [-0.25, -0.2) is 4.79 Å². The average molecular weight is 267 g/mol. The molecule has 0 aliphatic carbocycles. The number of benzene rings is 1. The fraction of sp³-hybridized carbons (Fsp3) is 0.385. The molecule has 1 unspecified atom stereocenters. The maximum absolute atomic E-state index is 11.0. The van der Waals surface area contributed by atoms with Gasteiger partial charge >= 0.3 is 5.97 Å². The minimum atomic E-state index is -1.00. The van der Waals surface area contributed by atoms with Gasteiger partial charge in [0, 0.05) is 17.9 Å². The number of aliphatic carboxylic acids is 1. The van der Waals surface area contributed by atoms with E-state index >= 15 is 0 Å². The second-order valence-electron chi connectivity index (χ2n) is 3.98. The van der Waals surface area contributed by atoms with Gasteiger partial charge in [0.15, 0.2) is 0 Å². The molecule has 1 amide bonds. The molecule has 0 saturated heterocycles. The van der Waals surface area contributed by atoms with E-state index in [0.29, 0.717) is 5.75 Å². The Balaban J connectivity index is 2.52. The van der Waals surface area contributed by atoms with Gasteiger partial charge in [-0.3, -0.25) is 4.79 Å². The lowest BCUT2D eigenvalue weighted by molar-refractivity contribution is -0.140. The molecule has 1 rings (SSSR count). The van der Waals surface area contributed by atoms with Gasteiger partial charge in [-0.05, 0) is 12.5 Å². The van der Waals surface area contributed by atoms with Crippen LogP contribution in [-0.4, -0.2) is 28.8 Å². The Morgan fingerprint density at radius 1 is 1.33 bits per heavy atom. The molecular weight excluding hydrogens is 250 g/mol. The number of carbonyl (C=O) groups is 2. The van der Waals surface area contributed by atoms with Crippen LogP contribution in [0, 0.1) is 0 Å². The normalized spacial score (nSPS) is 13.7. The zero-order chi connectivity index (χ0) is 13.5. The van der Waals surface area contributed by atoms with Gasteiger partial charge in [0.05, 0.1) is 0 Å². The van der Waals surface area contributed by atoms with Gasteiger partial charge in [0.2, 0.25) is 5.91 Å². The Morgan fingerprint density at radius 2 is 1.94 bits per heavy atom. The van der Waals surface area contributed by atoms with E-state index in [1.807, 2.05) is 37.3 Å². The van der Waals surface area contributed by atoms with Crippen LogP contribution in [0.15, 0.2) is 30.3 Å². The van der Waals surface area contributed by atoms with Gasteiger partial charge in [-0.2, -0.15) is 11.8 Å². The van der Waals surface area contributed by atoms with Gasteiger partial charge < -0.3 is 10.4 Å². The summed E-state index contributed by atoms with van der Waals surface area (Å²) in [5, 5.41) is 11.6. The van der Waals surface area contributed by atoms with Crippen LogP contribution >= 0.6 is 11.8 Å². The van der Waals surface area contributed by atoms with E-state index < -0.39 is 12.0 Å². The van der Waals surface area contributed by atoms with Gasteiger partial charge in [-0.15, -0.1) is 0 Å². The first-order valence-electron chi connectivity index (χ1n) is 5.67. The number of carboxylic acid groups (broad SMARTS) is 1. The summed E-state index contributed by atoms with van der Waals surface area (Å²) in [6, 6.07) is 9.03. The minimum Gasteiger partial charge on any atom is -0.480 e. The quantitative estimate of drug-likeness (QED) is 0.828. The summed E-state index contributed by atoms with van der Waals surface area (Å²) < 4.78 is 0. The smallest absolute Gasteiger partial charge is 0.327 e. The van der Waals surface area contributed by atoms with Crippen molar-refractivity contribution in [3.63, 3.8) is 0 Å². The first-order valence-corrected chi connectivity index (χ1v) is 6.72. The third-order valence-corrected chi connectivity index (χ3v) is 3.76. The largest absolute Gasteiger partial charge is 0.480 e. The predicted molar refractivity (Wildman–Crippen MR) is 72.6 cm³/mol. The molecule has 1 aromatic rings. The zero-order valence-corrected chi connectivity index (χ0v) is 11.2. The van der Waals surface area contributed by atoms with Crippen LogP contribution in [0.5, 0.6) is 0 Å². The number of thioether (sulfide) groups is 1. The van der Waals surface area contributed by atoms with Crippen molar-refractivity contribution in [2.75, 3.05) is 5.75 Å². The number of carboxylic acids is 1. The first kappa shape index (κ1) is 14.6. The Kier molecular flexibility index (Phi) is 5.71. The molecule has 0 saturated carbocycles. The summed E-state index contributed by atoms with van der Waals surface area (Å²) in [7, 11) is 0. The lowest BCUT2D eigenvalue weighted by Gasteiger charge is -2.16. The SMILES string of the molecule is CC(=O)N[C@@H](CSC(C)c1ccccc1)C(=O)O. The molecular formula is C13H17NO3S. The maximum atomic E-state index is 11.0. The van der Waals surface area contributed by atoms with Crippen LogP contribution in [0.25, 0.3) is 0 Å². The van der Waals surface area contributed by atoms with Crippen molar-refractivity contribution in [3.8, 4) is 0 Å². The molecule has 18 heavy (non-hydrogen) atoms. The monoisotopic (exact) mass is 267 g/mol. The summed E-state index contributed by atoms with van der Waals surface area (Å²) in [6.45, 7) is 3.34. The van der Waals surface area contributed by atoms with E-state index in [1.165, 1.54) is 18.7 Å². The molecule has 0 radical (unpaired) electrons. The molecule has 2 N–H and O–H groups in total. The van der Waals surface area contributed by atoms with Gasteiger partial charge in [-0.1, -0.05) is 30.3 Å². The lowest BCUT2D eigenvalue weighted by Crippen LogP contribution is -2.41. The minimum absolute atomic E-state index is 0.196. The van der Waals surface area contributed by atoms with Crippen LogP contribution in [0.2, 0.25) is 0 Å². The van der Waals surface area contributed by atoms with E-state index in [0.717, 1.165) is 5.56 Å². The van der Waals surface area contributed by atoms with E-state index in [-0.39, 0.29) is 11.2 Å².